The van der Waals surface area contributed by atoms with Crippen molar-refractivity contribution in [2.45, 2.75) is 24.9 Å². The van der Waals surface area contributed by atoms with Crippen molar-refractivity contribution in [1.82, 2.24) is 10.2 Å². The maximum atomic E-state index is 11.7. The van der Waals surface area contributed by atoms with Crippen molar-refractivity contribution in [3.63, 3.8) is 0 Å². The predicted molar refractivity (Wildman–Crippen MR) is 56.6 cm³/mol. The molecular formula is C10H19N3O2. The fraction of sp³-hybridized carbons (Fsp3) is 0.900. The number of carbonyl (C=O) groups is 1. The molecule has 2 saturated heterocycles. The summed E-state index contributed by atoms with van der Waals surface area (Å²) in [6.45, 7) is 3.71. The standard InChI is InChI=1S/C10H19N3O2/c11-4-7-13-6-3-10(15-9(13)14)2-1-5-12-8-10/h12H,1-8,11H2. The van der Waals surface area contributed by atoms with Gasteiger partial charge in [-0.2, -0.15) is 0 Å². The van der Waals surface area contributed by atoms with Gasteiger partial charge in [-0.3, -0.25) is 0 Å². The lowest BCUT2D eigenvalue weighted by molar-refractivity contribution is -0.0597. The Kier molecular flexibility index (Phi) is 3.11. The Balaban J connectivity index is 1.94. The first-order valence-corrected chi connectivity index (χ1v) is 5.64. The second-order valence-electron chi connectivity index (χ2n) is 4.36. The van der Waals surface area contributed by atoms with Crippen LogP contribution in [0.15, 0.2) is 0 Å². The molecule has 0 bridgehead atoms. The highest BCUT2D eigenvalue weighted by molar-refractivity contribution is 5.69. The lowest BCUT2D eigenvalue weighted by Crippen LogP contribution is -2.56. The Morgan fingerprint density at radius 3 is 3.00 bits per heavy atom. The number of hydrogen-bond acceptors (Lipinski definition) is 4. The van der Waals surface area contributed by atoms with E-state index < -0.39 is 0 Å². The fourth-order valence-corrected chi connectivity index (χ4v) is 2.33. The third-order valence-electron chi connectivity index (χ3n) is 3.23. The Bertz CT molecular complexity index is 239. The summed E-state index contributed by atoms with van der Waals surface area (Å²) in [7, 11) is 0. The van der Waals surface area contributed by atoms with E-state index in [1.807, 2.05) is 0 Å². The van der Waals surface area contributed by atoms with E-state index >= 15 is 0 Å². The number of carbonyl (C=O) groups excluding carboxylic acids is 1. The quantitative estimate of drug-likeness (QED) is 0.672. The lowest BCUT2D eigenvalue weighted by atomic mass is 9.89. The van der Waals surface area contributed by atoms with Crippen molar-refractivity contribution in [2.75, 3.05) is 32.7 Å². The molecule has 2 aliphatic heterocycles. The summed E-state index contributed by atoms with van der Waals surface area (Å²) >= 11 is 0. The molecule has 0 aliphatic carbocycles. The van der Waals surface area contributed by atoms with E-state index in [-0.39, 0.29) is 11.7 Å². The SMILES string of the molecule is NCCN1CCC2(CCCNC2)OC1=O. The van der Waals surface area contributed by atoms with Crippen LogP contribution >= 0.6 is 0 Å². The average molecular weight is 213 g/mol. The topological polar surface area (TPSA) is 67.6 Å². The normalized spacial score (nSPS) is 31.8. The van der Waals surface area contributed by atoms with Crippen molar-refractivity contribution >= 4 is 6.09 Å². The molecule has 1 spiro atoms. The van der Waals surface area contributed by atoms with E-state index in [1.165, 1.54) is 0 Å². The number of amides is 1. The van der Waals surface area contributed by atoms with Crippen molar-refractivity contribution in [2.24, 2.45) is 5.73 Å². The third-order valence-corrected chi connectivity index (χ3v) is 3.23. The second-order valence-corrected chi connectivity index (χ2v) is 4.36. The van der Waals surface area contributed by atoms with Crippen LogP contribution in [0.3, 0.4) is 0 Å². The minimum Gasteiger partial charge on any atom is -0.441 e. The molecule has 2 heterocycles. The van der Waals surface area contributed by atoms with Crippen LogP contribution in [-0.2, 0) is 4.74 Å². The van der Waals surface area contributed by atoms with E-state index in [9.17, 15) is 4.79 Å². The molecule has 3 N–H and O–H groups in total. The van der Waals surface area contributed by atoms with Crippen molar-refractivity contribution in [3.05, 3.63) is 0 Å². The first-order chi connectivity index (χ1) is 7.26. The highest BCUT2D eigenvalue weighted by Gasteiger charge is 2.41. The van der Waals surface area contributed by atoms with Crippen LogP contribution in [0.25, 0.3) is 0 Å². The van der Waals surface area contributed by atoms with Gasteiger partial charge in [-0.15, -0.1) is 0 Å². The second kappa shape index (κ2) is 4.37. The van der Waals surface area contributed by atoms with Crippen molar-refractivity contribution in [3.8, 4) is 0 Å². The van der Waals surface area contributed by atoms with Crippen molar-refractivity contribution in [1.29, 1.82) is 0 Å². The Hall–Kier alpha value is -0.810. The number of hydrogen-bond donors (Lipinski definition) is 2. The summed E-state index contributed by atoms with van der Waals surface area (Å²) in [4.78, 5) is 13.4. The number of rotatable bonds is 2. The van der Waals surface area contributed by atoms with Crippen LogP contribution in [0.5, 0.6) is 0 Å². The zero-order chi connectivity index (χ0) is 10.7. The smallest absolute Gasteiger partial charge is 0.410 e. The Morgan fingerprint density at radius 2 is 2.40 bits per heavy atom. The fourth-order valence-electron chi connectivity index (χ4n) is 2.33. The highest BCUT2D eigenvalue weighted by Crippen LogP contribution is 2.29. The van der Waals surface area contributed by atoms with Crippen molar-refractivity contribution < 1.29 is 9.53 Å². The van der Waals surface area contributed by atoms with Crippen LogP contribution in [0.2, 0.25) is 0 Å². The summed E-state index contributed by atoms with van der Waals surface area (Å²) in [6, 6.07) is 0. The maximum Gasteiger partial charge on any atom is 0.410 e. The largest absolute Gasteiger partial charge is 0.441 e. The highest BCUT2D eigenvalue weighted by atomic mass is 16.6. The summed E-state index contributed by atoms with van der Waals surface area (Å²) in [6.07, 6.45) is 2.80. The van der Waals surface area contributed by atoms with E-state index in [4.69, 9.17) is 10.5 Å². The summed E-state index contributed by atoms with van der Waals surface area (Å²) in [5, 5.41) is 3.29. The predicted octanol–water partition coefficient (Wildman–Crippen LogP) is -0.0904. The minimum atomic E-state index is -0.236. The van der Waals surface area contributed by atoms with Gasteiger partial charge in [0.25, 0.3) is 0 Å². The monoisotopic (exact) mass is 213 g/mol. The van der Waals surface area contributed by atoms with Gasteiger partial charge in [0.15, 0.2) is 0 Å². The van der Waals surface area contributed by atoms with Gasteiger partial charge in [0.2, 0.25) is 0 Å². The molecule has 2 rings (SSSR count). The first kappa shape index (κ1) is 10.7. The van der Waals surface area contributed by atoms with Gasteiger partial charge in [-0.25, -0.2) is 4.79 Å². The third kappa shape index (κ3) is 2.23. The van der Waals surface area contributed by atoms with Gasteiger partial charge in [-0.1, -0.05) is 0 Å². The molecule has 0 saturated carbocycles. The number of nitrogens with zero attached hydrogens (tertiary/aromatic N) is 1. The van der Waals surface area contributed by atoms with Gasteiger partial charge in [0.05, 0.1) is 0 Å². The molecule has 1 unspecified atom stereocenters. The Morgan fingerprint density at radius 1 is 1.53 bits per heavy atom. The first-order valence-electron chi connectivity index (χ1n) is 5.64. The van der Waals surface area contributed by atoms with E-state index in [0.717, 1.165) is 38.9 Å². The van der Waals surface area contributed by atoms with Gasteiger partial charge in [0, 0.05) is 32.6 Å². The zero-order valence-electron chi connectivity index (χ0n) is 9.00. The molecule has 1 atom stereocenters. The van der Waals surface area contributed by atoms with Crippen LogP contribution in [0.1, 0.15) is 19.3 Å². The molecule has 15 heavy (non-hydrogen) atoms. The molecule has 1 amide bonds. The Labute approximate surface area is 89.9 Å². The van der Waals surface area contributed by atoms with E-state index in [0.29, 0.717) is 13.1 Å². The van der Waals surface area contributed by atoms with E-state index in [2.05, 4.69) is 5.32 Å². The van der Waals surface area contributed by atoms with Crippen LogP contribution in [0.4, 0.5) is 4.79 Å². The molecule has 2 fully saturated rings. The van der Waals surface area contributed by atoms with Gasteiger partial charge in [-0.05, 0) is 19.4 Å². The molecule has 0 aromatic rings. The van der Waals surface area contributed by atoms with Crippen LogP contribution in [0, 0.1) is 0 Å². The molecule has 86 valence electrons. The number of nitrogens with two attached hydrogens (primary N) is 1. The summed E-state index contributed by atoms with van der Waals surface area (Å²) in [5.41, 5.74) is 5.19. The van der Waals surface area contributed by atoms with Crippen LogP contribution < -0.4 is 11.1 Å². The van der Waals surface area contributed by atoms with Gasteiger partial charge < -0.3 is 20.7 Å². The van der Waals surface area contributed by atoms with Gasteiger partial charge >= 0.3 is 6.09 Å². The molecule has 0 aromatic carbocycles. The molecule has 5 nitrogen and oxygen atoms in total. The number of ether oxygens (including phenoxy) is 1. The minimum absolute atomic E-state index is 0.199. The molecule has 2 aliphatic rings. The summed E-state index contributed by atoms with van der Waals surface area (Å²) in [5.74, 6) is 0. The maximum absolute atomic E-state index is 11.7. The lowest BCUT2D eigenvalue weighted by Gasteiger charge is -2.43. The molecule has 0 aromatic heterocycles. The molecule has 5 heteroatoms. The number of nitrogens with one attached hydrogen (secondary N) is 1. The molecular weight excluding hydrogens is 194 g/mol. The average Bonchev–Trinajstić information content (AvgIpc) is 2.24. The van der Waals surface area contributed by atoms with Gasteiger partial charge in [0.1, 0.15) is 5.60 Å². The summed E-state index contributed by atoms with van der Waals surface area (Å²) < 4.78 is 5.55. The van der Waals surface area contributed by atoms with Crippen LogP contribution in [-0.4, -0.2) is 49.3 Å². The zero-order valence-corrected chi connectivity index (χ0v) is 9.00. The van der Waals surface area contributed by atoms with E-state index in [1.54, 1.807) is 4.90 Å². The molecule has 0 radical (unpaired) electrons. The number of piperidine rings is 1.